The summed E-state index contributed by atoms with van der Waals surface area (Å²) in [5, 5.41) is 5.77. The molecular formula is C15H25N3OSi. The molecule has 0 saturated carbocycles. The number of fused-ring (bicyclic) bond motifs is 1. The number of nitrogens with zero attached hydrogens (tertiary/aromatic N) is 2. The fourth-order valence-electron chi connectivity index (χ4n) is 1.87. The maximum Gasteiger partial charge on any atom is 0.192 e. The molecule has 5 heteroatoms. The van der Waals surface area contributed by atoms with E-state index in [1.165, 1.54) is 0 Å². The molecule has 0 unspecified atom stereocenters. The van der Waals surface area contributed by atoms with Crippen molar-refractivity contribution >= 4 is 24.9 Å². The number of hydrogen-bond donors (Lipinski definition) is 1. The number of benzene rings is 1. The molecule has 1 aromatic heterocycles. The molecule has 2 rings (SSSR count). The van der Waals surface area contributed by atoms with Crippen LogP contribution in [0.1, 0.15) is 20.8 Å². The molecule has 0 aliphatic rings. The Kier molecular flexibility index (Phi) is 3.93. The average Bonchev–Trinajstić information content (AvgIpc) is 2.70. The Morgan fingerprint density at radius 2 is 2.00 bits per heavy atom. The Morgan fingerprint density at radius 3 is 2.65 bits per heavy atom. The number of aromatic nitrogens is 2. The van der Waals surface area contributed by atoms with Crippen LogP contribution < -0.4 is 5.73 Å². The minimum Gasteiger partial charge on any atom is -0.415 e. The van der Waals surface area contributed by atoms with Crippen LogP contribution in [0, 0.1) is 0 Å². The summed E-state index contributed by atoms with van der Waals surface area (Å²) >= 11 is 0. The molecule has 0 fully saturated rings. The largest absolute Gasteiger partial charge is 0.415 e. The van der Waals surface area contributed by atoms with E-state index in [9.17, 15) is 0 Å². The van der Waals surface area contributed by atoms with Gasteiger partial charge in [0, 0.05) is 11.1 Å². The topological polar surface area (TPSA) is 53.1 Å². The summed E-state index contributed by atoms with van der Waals surface area (Å²) in [6.07, 6.45) is 1.88. The van der Waals surface area contributed by atoms with Gasteiger partial charge in [0.2, 0.25) is 0 Å². The van der Waals surface area contributed by atoms with Crippen LogP contribution in [-0.2, 0) is 11.0 Å². The van der Waals surface area contributed by atoms with Crippen LogP contribution >= 0.6 is 0 Å². The molecule has 0 atom stereocenters. The quantitative estimate of drug-likeness (QED) is 0.691. The average molecular weight is 291 g/mol. The molecule has 4 nitrogen and oxygen atoms in total. The van der Waals surface area contributed by atoms with Gasteiger partial charge in [-0.2, -0.15) is 5.10 Å². The van der Waals surface area contributed by atoms with Crippen molar-refractivity contribution in [2.75, 3.05) is 12.3 Å². The van der Waals surface area contributed by atoms with E-state index < -0.39 is 8.32 Å². The molecule has 0 spiro atoms. The van der Waals surface area contributed by atoms with Crippen molar-refractivity contribution in [1.82, 2.24) is 9.78 Å². The highest BCUT2D eigenvalue weighted by atomic mass is 28.4. The van der Waals surface area contributed by atoms with Gasteiger partial charge in [-0.15, -0.1) is 0 Å². The Bertz CT molecular complexity index is 599. The standard InChI is InChI=1S/C15H25N3OSi/c1-15(2,3)20(4,5)19-9-8-18-14-10-13(16)7-6-12(14)11-17-18/h6-7,10-11H,8-9,16H2,1-5H3. The predicted octanol–water partition coefficient (Wildman–Crippen LogP) is 3.64. The van der Waals surface area contributed by atoms with E-state index in [4.69, 9.17) is 10.2 Å². The van der Waals surface area contributed by atoms with Crippen molar-refractivity contribution < 1.29 is 4.43 Å². The zero-order valence-electron chi connectivity index (χ0n) is 13.1. The number of nitrogens with two attached hydrogens (primary N) is 1. The van der Waals surface area contributed by atoms with Gasteiger partial charge in [-0.1, -0.05) is 20.8 Å². The molecule has 2 aromatic rings. The molecule has 0 aliphatic heterocycles. The predicted molar refractivity (Wildman–Crippen MR) is 87.3 cm³/mol. The van der Waals surface area contributed by atoms with Gasteiger partial charge in [0.05, 0.1) is 24.9 Å². The third-order valence-corrected chi connectivity index (χ3v) is 8.78. The van der Waals surface area contributed by atoms with Crippen LogP contribution in [0.25, 0.3) is 10.9 Å². The van der Waals surface area contributed by atoms with Crippen molar-refractivity contribution in [2.24, 2.45) is 0 Å². The lowest BCUT2D eigenvalue weighted by molar-refractivity contribution is 0.268. The first-order valence-corrected chi connectivity index (χ1v) is 9.96. The minimum absolute atomic E-state index is 0.240. The number of hydrogen-bond acceptors (Lipinski definition) is 3. The van der Waals surface area contributed by atoms with Crippen molar-refractivity contribution in [3.63, 3.8) is 0 Å². The van der Waals surface area contributed by atoms with E-state index >= 15 is 0 Å². The molecule has 0 amide bonds. The van der Waals surface area contributed by atoms with Gasteiger partial charge >= 0.3 is 0 Å². The third kappa shape index (κ3) is 3.04. The number of rotatable bonds is 4. The summed E-state index contributed by atoms with van der Waals surface area (Å²) in [7, 11) is -1.68. The van der Waals surface area contributed by atoms with Gasteiger partial charge in [0.1, 0.15) is 0 Å². The first-order chi connectivity index (χ1) is 9.21. The van der Waals surface area contributed by atoms with Crippen LogP contribution in [0.15, 0.2) is 24.4 Å². The monoisotopic (exact) mass is 291 g/mol. The van der Waals surface area contributed by atoms with Crippen molar-refractivity contribution in [3.8, 4) is 0 Å². The maximum atomic E-state index is 6.19. The van der Waals surface area contributed by atoms with Gasteiger partial charge in [-0.3, -0.25) is 4.68 Å². The van der Waals surface area contributed by atoms with Crippen LogP contribution in [-0.4, -0.2) is 24.7 Å². The Balaban J connectivity index is 2.05. The van der Waals surface area contributed by atoms with E-state index in [0.717, 1.165) is 23.1 Å². The van der Waals surface area contributed by atoms with E-state index in [2.05, 4.69) is 39.0 Å². The Hall–Kier alpha value is -1.33. The van der Waals surface area contributed by atoms with Gasteiger partial charge in [0.15, 0.2) is 8.32 Å². The lowest BCUT2D eigenvalue weighted by Gasteiger charge is -2.36. The highest BCUT2D eigenvalue weighted by Crippen LogP contribution is 2.36. The second-order valence-corrected chi connectivity index (χ2v) is 11.6. The van der Waals surface area contributed by atoms with Crippen LogP contribution in [0.4, 0.5) is 5.69 Å². The van der Waals surface area contributed by atoms with Crippen molar-refractivity contribution in [2.45, 2.75) is 45.4 Å². The lowest BCUT2D eigenvalue weighted by Crippen LogP contribution is -2.41. The van der Waals surface area contributed by atoms with E-state index in [-0.39, 0.29) is 5.04 Å². The Morgan fingerprint density at radius 1 is 1.30 bits per heavy atom. The fraction of sp³-hybridized carbons (Fsp3) is 0.533. The van der Waals surface area contributed by atoms with Gasteiger partial charge in [-0.05, 0) is 36.3 Å². The number of anilines is 1. The van der Waals surface area contributed by atoms with Gasteiger partial charge < -0.3 is 10.2 Å². The van der Waals surface area contributed by atoms with Gasteiger partial charge in [-0.25, -0.2) is 0 Å². The Labute approximate surface area is 122 Å². The summed E-state index contributed by atoms with van der Waals surface area (Å²) in [6, 6.07) is 5.87. The van der Waals surface area contributed by atoms with E-state index in [1.807, 2.05) is 29.1 Å². The highest BCUT2D eigenvalue weighted by molar-refractivity contribution is 6.74. The van der Waals surface area contributed by atoms with Crippen LogP contribution in [0.3, 0.4) is 0 Å². The fourth-order valence-corrected chi connectivity index (χ4v) is 2.90. The molecule has 110 valence electrons. The maximum absolute atomic E-state index is 6.19. The third-order valence-electron chi connectivity index (χ3n) is 4.24. The molecule has 20 heavy (non-hydrogen) atoms. The first kappa shape index (κ1) is 15.1. The van der Waals surface area contributed by atoms with Gasteiger partial charge in [0.25, 0.3) is 0 Å². The van der Waals surface area contributed by atoms with Crippen LogP contribution in [0.2, 0.25) is 18.1 Å². The molecule has 1 aromatic carbocycles. The molecule has 2 N–H and O–H groups in total. The van der Waals surface area contributed by atoms with Crippen LogP contribution in [0.5, 0.6) is 0 Å². The second-order valence-electron chi connectivity index (χ2n) is 6.79. The SMILES string of the molecule is CC(C)(C)[Si](C)(C)OCCn1ncc2ccc(N)cc21. The normalized spacial score (nSPS) is 13.1. The smallest absolute Gasteiger partial charge is 0.192 e. The zero-order chi connectivity index (χ0) is 15.0. The van der Waals surface area contributed by atoms with E-state index in [1.54, 1.807) is 0 Å². The number of nitrogen functional groups attached to an aromatic ring is 1. The van der Waals surface area contributed by atoms with E-state index in [0.29, 0.717) is 6.61 Å². The minimum atomic E-state index is -1.68. The first-order valence-electron chi connectivity index (χ1n) is 7.06. The highest BCUT2D eigenvalue weighted by Gasteiger charge is 2.36. The molecule has 0 aliphatic carbocycles. The summed E-state index contributed by atoms with van der Waals surface area (Å²) in [5.41, 5.74) is 7.68. The summed E-state index contributed by atoms with van der Waals surface area (Å²) in [4.78, 5) is 0. The summed E-state index contributed by atoms with van der Waals surface area (Å²) < 4.78 is 8.16. The molecule has 0 saturated heterocycles. The second kappa shape index (κ2) is 5.22. The summed E-state index contributed by atoms with van der Waals surface area (Å²) in [5.74, 6) is 0. The summed E-state index contributed by atoms with van der Waals surface area (Å²) in [6.45, 7) is 12.8. The molecule has 0 bridgehead atoms. The molecule has 0 radical (unpaired) electrons. The zero-order valence-corrected chi connectivity index (χ0v) is 14.1. The molecule has 1 heterocycles. The van der Waals surface area contributed by atoms with Crippen molar-refractivity contribution in [3.05, 3.63) is 24.4 Å². The molecular weight excluding hydrogens is 266 g/mol. The lowest BCUT2D eigenvalue weighted by atomic mass is 10.2. The van der Waals surface area contributed by atoms with Crippen molar-refractivity contribution in [1.29, 1.82) is 0 Å².